The highest BCUT2D eigenvalue weighted by Gasteiger charge is 2.31. The minimum Gasteiger partial charge on any atom is -0.493 e. The number of halogens is 3. The van der Waals surface area contributed by atoms with Gasteiger partial charge in [0.05, 0.1) is 30.8 Å². The third kappa shape index (κ3) is 5.10. The van der Waals surface area contributed by atoms with E-state index < -0.39 is 22.6 Å². The lowest BCUT2D eigenvalue weighted by molar-refractivity contribution is -0.385. The first-order valence-electron chi connectivity index (χ1n) is 9.72. The lowest BCUT2D eigenvalue weighted by Gasteiger charge is -2.34. The molecule has 8 nitrogen and oxygen atoms in total. The Balaban J connectivity index is 1.67. The molecule has 11 heteroatoms. The van der Waals surface area contributed by atoms with E-state index in [4.69, 9.17) is 9.47 Å². The molecule has 0 spiro atoms. The zero-order valence-corrected chi connectivity index (χ0v) is 17.5. The van der Waals surface area contributed by atoms with Gasteiger partial charge in [0.25, 0.3) is 11.6 Å². The minimum absolute atomic E-state index is 0.0937. The molecule has 1 heterocycles. The topological polar surface area (TPSA) is 85.2 Å². The lowest BCUT2D eigenvalue weighted by atomic mass is 10.1. The molecule has 3 rings (SSSR count). The van der Waals surface area contributed by atoms with Crippen molar-refractivity contribution in [1.82, 2.24) is 9.80 Å². The molecule has 0 aliphatic carbocycles. The fourth-order valence-electron chi connectivity index (χ4n) is 3.53. The predicted octanol–water partition coefficient (Wildman–Crippen LogP) is 3.59. The molecule has 0 bridgehead atoms. The fraction of sp³-hybridized carbons (Fsp3) is 0.381. The Morgan fingerprint density at radius 2 is 1.59 bits per heavy atom. The van der Waals surface area contributed by atoms with Crippen LogP contribution in [-0.4, -0.2) is 61.0 Å². The van der Waals surface area contributed by atoms with Gasteiger partial charge in [0.15, 0.2) is 11.5 Å². The number of ether oxygens (including phenoxy) is 2. The third-order valence-corrected chi connectivity index (χ3v) is 5.28. The average molecular weight is 453 g/mol. The summed E-state index contributed by atoms with van der Waals surface area (Å²) in [4.78, 5) is 27.3. The first-order valence-corrected chi connectivity index (χ1v) is 9.72. The average Bonchev–Trinajstić information content (AvgIpc) is 2.77. The van der Waals surface area contributed by atoms with Gasteiger partial charge in [-0.2, -0.15) is 13.2 Å². The molecule has 0 radical (unpaired) electrons. The van der Waals surface area contributed by atoms with E-state index in [0.717, 1.165) is 23.8 Å². The second-order valence-electron chi connectivity index (χ2n) is 7.24. The minimum atomic E-state index is -4.38. The van der Waals surface area contributed by atoms with E-state index >= 15 is 0 Å². The van der Waals surface area contributed by atoms with Gasteiger partial charge in [0.2, 0.25) is 0 Å². The number of hydrogen-bond donors (Lipinski definition) is 0. The Kier molecular flexibility index (Phi) is 6.87. The smallest absolute Gasteiger partial charge is 0.416 e. The SMILES string of the molecule is COc1cc(C(=O)N2CCN(Cc3ccc(C(F)(F)F)cc3)CC2)c([N+](=O)[O-])cc1OC. The number of carbonyl (C=O) groups is 1. The van der Waals surface area contributed by atoms with E-state index in [2.05, 4.69) is 0 Å². The third-order valence-electron chi connectivity index (χ3n) is 5.28. The second kappa shape index (κ2) is 9.43. The number of nitro benzene ring substituents is 1. The van der Waals surface area contributed by atoms with Crippen LogP contribution in [0.3, 0.4) is 0 Å². The van der Waals surface area contributed by atoms with Gasteiger partial charge in [-0.1, -0.05) is 12.1 Å². The molecule has 1 amide bonds. The number of rotatable bonds is 6. The number of carbonyl (C=O) groups excluding carboxylic acids is 1. The van der Waals surface area contributed by atoms with Crippen molar-refractivity contribution >= 4 is 11.6 Å². The van der Waals surface area contributed by atoms with E-state index in [0.29, 0.717) is 32.7 Å². The molecule has 1 saturated heterocycles. The highest BCUT2D eigenvalue weighted by molar-refractivity contribution is 5.99. The van der Waals surface area contributed by atoms with Gasteiger partial charge in [-0.15, -0.1) is 0 Å². The van der Waals surface area contributed by atoms with Crippen LogP contribution in [-0.2, 0) is 12.7 Å². The van der Waals surface area contributed by atoms with Crippen molar-refractivity contribution in [2.45, 2.75) is 12.7 Å². The summed E-state index contributed by atoms with van der Waals surface area (Å²) >= 11 is 0. The summed E-state index contributed by atoms with van der Waals surface area (Å²) in [7, 11) is 2.72. The van der Waals surface area contributed by atoms with Gasteiger partial charge < -0.3 is 14.4 Å². The Hall–Kier alpha value is -3.34. The molecule has 172 valence electrons. The Morgan fingerprint density at radius 3 is 2.09 bits per heavy atom. The summed E-state index contributed by atoms with van der Waals surface area (Å²) in [6, 6.07) is 7.43. The highest BCUT2D eigenvalue weighted by Crippen LogP contribution is 2.35. The Labute approximate surface area is 182 Å². The molecule has 32 heavy (non-hydrogen) atoms. The van der Waals surface area contributed by atoms with Crippen LogP contribution >= 0.6 is 0 Å². The molecule has 0 unspecified atom stereocenters. The number of hydrogen-bond acceptors (Lipinski definition) is 6. The van der Waals surface area contributed by atoms with Gasteiger partial charge in [0, 0.05) is 38.8 Å². The zero-order chi connectivity index (χ0) is 23.5. The van der Waals surface area contributed by atoms with Gasteiger partial charge in [-0.05, 0) is 17.7 Å². The molecule has 0 aromatic heterocycles. The van der Waals surface area contributed by atoms with Gasteiger partial charge in [-0.25, -0.2) is 0 Å². The monoisotopic (exact) mass is 453 g/mol. The molecule has 1 aliphatic rings. The molecule has 0 atom stereocenters. The number of amides is 1. The summed E-state index contributed by atoms with van der Waals surface area (Å²) in [6.45, 7) is 2.05. The zero-order valence-electron chi connectivity index (χ0n) is 17.5. The van der Waals surface area contributed by atoms with Crippen LogP contribution in [0.4, 0.5) is 18.9 Å². The van der Waals surface area contributed by atoms with Crippen LogP contribution in [0.15, 0.2) is 36.4 Å². The Bertz CT molecular complexity index is 987. The first-order chi connectivity index (χ1) is 15.1. The van der Waals surface area contributed by atoms with Crippen LogP contribution < -0.4 is 9.47 Å². The highest BCUT2D eigenvalue weighted by atomic mass is 19.4. The predicted molar refractivity (Wildman–Crippen MR) is 109 cm³/mol. The van der Waals surface area contributed by atoms with Crippen LogP contribution in [0.2, 0.25) is 0 Å². The quantitative estimate of drug-likeness (QED) is 0.491. The molecule has 2 aromatic carbocycles. The van der Waals surface area contributed by atoms with Gasteiger partial charge >= 0.3 is 6.18 Å². The molecular weight excluding hydrogens is 431 g/mol. The van der Waals surface area contributed by atoms with Gasteiger partial charge in [-0.3, -0.25) is 19.8 Å². The maximum atomic E-state index is 13.0. The normalized spacial score (nSPS) is 14.8. The van der Waals surface area contributed by atoms with E-state index in [1.165, 1.54) is 37.3 Å². The number of methoxy groups -OCH3 is 2. The van der Waals surface area contributed by atoms with Crippen molar-refractivity contribution in [2.24, 2.45) is 0 Å². The van der Waals surface area contributed by atoms with Gasteiger partial charge in [0.1, 0.15) is 5.56 Å². The summed E-state index contributed by atoms with van der Waals surface area (Å²) in [5.74, 6) is -0.133. The van der Waals surface area contributed by atoms with E-state index in [1.54, 1.807) is 0 Å². The van der Waals surface area contributed by atoms with Crippen molar-refractivity contribution in [3.8, 4) is 11.5 Å². The number of benzene rings is 2. The van der Waals surface area contributed by atoms with E-state index in [1.807, 2.05) is 4.90 Å². The molecule has 0 N–H and O–H groups in total. The second-order valence-corrected chi connectivity index (χ2v) is 7.24. The van der Waals surface area contributed by atoms with Crippen LogP contribution in [0.5, 0.6) is 11.5 Å². The summed E-state index contributed by atoms with van der Waals surface area (Å²) in [5, 5.41) is 11.5. The van der Waals surface area contributed by atoms with Crippen LogP contribution in [0.25, 0.3) is 0 Å². The number of nitro groups is 1. The molecule has 2 aromatic rings. The molecule has 0 saturated carbocycles. The van der Waals surface area contributed by atoms with E-state index in [-0.39, 0.29) is 22.7 Å². The molecular formula is C21H22F3N3O5. The van der Waals surface area contributed by atoms with Crippen molar-refractivity contribution in [2.75, 3.05) is 40.4 Å². The summed E-state index contributed by atoms with van der Waals surface area (Å²) < 4.78 is 48.3. The Morgan fingerprint density at radius 1 is 1.03 bits per heavy atom. The number of piperazine rings is 1. The fourth-order valence-corrected chi connectivity index (χ4v) is 3.53. The number of nitrogens with zero attached hydrogens (tertiary/aromatic N) is 3. The van der Waals surface area contributed by atoms with Crippen molar-refractivity contribution in [3.63, 3.8) is 0 Å². The van der Waals surface area contributed by atoms with Crippen LogP contribution in [0.1, 0.15) is 21.5 Å². The van der Waals surface area contributed by atoms with Crippen molar-refractivity contribution in [3.05, 3.63) is 63.2 Å². The molecule has 1 aliphatic heterocycles. The van der Waals surface area contributed by atoms with Crippen LogP contribution in [0, 0.1) is 10.1 Å². The first kappa shape index (κ1) is 23.3. The van der Waals surface area contributed by atoms with Crippen molar-refractivity contribution in [1.29, 1.82) is 0 Å². The maximum Gasteiger partial charge on any atom is 0.416 e. The largest absolute Gasteiger partial charge is 0.493 e. The summed E-state index contributed by atoms with van der Waals surface area (Å²) in [6.07, 6.45) is -4.38. The van der Waals surface area contributed by atoms with Crippen molar-refractivity contribution < 1.29 is 32.4 Å². The maximum absolute atomic E-state index is 13.0. The van der Waals surface area contributed by atoms with E-state index in [9.17, 15) is 28.1 Å². The molecule has 1 fully saturated rings. The summed E-state index contributed by atoms with van der Waals surface area (Å²) in [5.41, 5.74) is -0.440. The standard InChI is InChI=1S/C21H22F3N3O5/c1-31-18-11-16(17(27(29)30)12-19(18)32-2)20(28)26-9-7-25(8-10-26)13-14-3-5-15(6-4-14)21(22,23)24/h3-6,11-12H,7-10,13H2,1-2H3. The number of alkyl halides is 3. The lowest BCUT2D eigenvalue weighted by Crippen LogP contribution is -2.48.